The average Bonchev–Trinajstić information content (AvgIpc) is 2.98. The number of nitrogens with zero attached hydrogens (tertiary/aromatic N) is 1. The fourth-order valence-corrected chi connectivity index (χ4v) is 2.67. The molecule has 4 nitrogen and oxygen atoms in total. The summed E-state index contributed by atoms with van der Waals surface area (Å²) in [5.74, 6) is 0.386. The third-order valence-electron chi connectivity index (χ3n) is 3.32. The zero-order chi connectivity index (χ0) is 13.8. The highest BCUT2D eigenvalue weighted by molar-refractivity contribution is 6.32. The summed E-state index contributed by atoms with van der Waals surface area (Å²) in [6.07, 6.45) is 3.76. The molecule has 0 saturated carbocycles. The molecule has 2 rings (SSSR count). The normalized spacial score (nSPS) is 19.1. The van der Waals surface area contributed by atoms with E-state index in [1.165, 1.54) is 12.7 Å². The van der Waals surface area contributed by atoms with Crippen LogP contribution in [0.2, 0.25) is 5.22 Å². The van der Waals surface area contributed by atoms with Gasteiger partial charge in [0.2, 0.25) is 5.22 Å². The van der Waals surface area contributed by atoms with Crippen LogP contribution in [0.25, 0.3) is 0 Å². The van der Waals surface area contributed by atoms with Gasteiger partial charge in [-0.2, -0.15) is 0 Å². The number of rotatable bonds is 5. The quantitative estimate of drug-likeness (QED) is 0.904. The largest absolute Gasteiger partial charge is 0.452 e. The molecule has 1 aliphatic rings. The molecule has 1 aromatic rings. The highest BCUT2D eigenvalue weighted by atomic mass is 35.5. The number of amides is 1. The Morgan fingerprint density at radius 1 is 1.63 bits per heavy atom. The Balaban J connectivity index is 2.07. The van der Waals surface area contributed by atoms with Crippen molar-refractivity contribution in [1.29, 1.82) is 0 Å². The highest BCUT2D eigenvalue weighted by Gasteiger charge is 2.25. The maximum absolute atomic E-state index is 12.5. The Labute approximate surface area is 119 Å². The molecule has 1 unspecified atom stereocenters. The maximum Gasteiger partial charge on any atom is 0.258 e. The molecule has 1 amide bonds. The second-order valence-electron chi connectivity index (χ2n) is 5.51. The van der Waals surface area contributed by atoms with E-state index >= 15 is 0 Å². The molecule has 5 heteroatoms. The van der Waals surface area contributed by atoms with Gasteiger partial charge in [-0.15, -0.1) is 0 Å². The third kappa shape index (κ3) is 3.74. The van der Waals surface area contributed by atoms with Crippen molar-refractivity contribution in [2.75, 3.05) is 19.6 Å². The first-order valence-corrected chi connectivity index (χ1v) is 7.21. The number of halogens is 1. The van der Waals surface area contributed by atoms with Crippen molar-refractivity contribution in [2.45, 2.75) is 32.7 Å². The highest BCUT2D eigenvalue weighted by Crippen LogP contribution is 2.20. The van der Waals surface area contributed by atoms with Crippen LogP contribution in [-0.4, -0.2) is 36.5 Å². The lowest BCUT2D eigenvalue weighted by Gasteiger charge is -2.27. The van der Waals surface area contributed by atoms with Crippen molar-refractivity contribution in [3.8, 4) is 0 Å². The van der Waals surface area contributed by atoms with Crippen molar-refractivity contribution < 1.29 is 9.21 Å². The molecule has 0 aromatic carbocycles. The second-order valence-corrected chi connectivity index (χ2v) is 5.85. The summed E-state index contributed by atoms with van der Waals surface area (Å²) in [7, 11) is 0. The van der Waals surface area contributed by atoms with Crippen molar-refractivity contribution >= 4 is 17.5 Å². The fourth-order valence-electron chi connectivity index (χ4n) is 2.48. The Hall–Kier alpha value is -1.00. The predicted octanol–water partition coefficient (Wildman–Crippen LogP) is 2.78. The van der Waals surface area contributed by atoms with Crippen LogP contribution in [-0.2, 0) is 0 Å². The van der Waals surface area contributed by atoms with Gasteiger partial charge in [0.25, 0.3) is 5.91 Å². The van der Waals surface area contributed by atoms with Crippen LogP contribution in [0.1, 0.15) is 37.0 Å². The lowest BCUT2D eigenvalue weighted by molar-refractivity contribution is 0.0721. The zero-order valence-electron chi connectivity index (χ0n) is 11.5. The van der Waals surface area contributed by atoms with Gasteiger partial charge in [-0.3, -0.25) is 4.79 Å². The molecular weight excluding hydrogens is 264 g/mol. The molecule has 106 valence electrons. The van der Waals surface area contributed by atoms with Gasteiger partial charge in [0.15, 0.2) is 0 Å². The lowest BCUT2D eigenvalue weighted by atomic mass is 10.1. The molecule has 2 heterocycles. The smallest absolute Gasteiger partial charge is 0.258 e. The van der Waals surface area contributed by atoms with Gasteiger partial charge in [-0.1, -0.05) is 13.8 Å². The summed E-state index contributed by atoms with van der Waals surface area (Å²) in [4.78, 5) is 14.4. The minimum Gasteiger partial charge on any atom is -0.452 e. The molecule has 1 N–H and O–H groups in total. The summed E-state index contributed by atoms with van der Waals surface area (Å²) < 4.78 is 5.01. The molecule has 1 atom stereocenters. The zero-order valence-corrected chi connectivity index (χ0v) is 12.2. The van der Waals surface area contributed by atoms with Crippen LogP contribution in [0.3, 0.4) is 0 Å². The molecule has 1 aromatic heterocycles. The molecule has 0 aliphatic carbocycles. The van der Waals surface area contributed by atoms with E-state index in [-0.39, 0.29) is 11.1 Å². The van der Waals surface area contributed by atoms with E-state index in [1.54, 1.807) is 6.07 Å². The molecule has 19 heavy (non-hydrogen) atoms. The fraction of sp³-hybridized carbons (Fsp3) is 0.643. The van der Waals surface area contributed by atoms with Gasteiger partial charge in [0.1, 0.15) is 0 Å². The Morgan fingerprint density at radius 2 is 2.42 bits per heavy atom. The van der Waals surface area contributed by atoms with Crippen LogP contribution in [0.5, 0.6) is 0 Å². The standard InChI is InChI=1S/C14H21ClN2O2/c1-10(2)8-17(9-11-4-3-6-16-11)14(18)12-5-7-19-13(12)15/h5,7,10-11,16H,3-4,6,8-9H2,1-2H3. The average molecular weight is 285 g/mol. The Morgan fingerprint density at radius 3 is 2.95 bits per heavy atom. The van der Waals surface area contributed by atoms with Crippen molar-refractivity contribution in [2.24, 2.45) is 5.92 Å². The number of furan rings is 1. The van der Waals surface area contributed by atoms with E-state index in [0.29, 0.717) is 17.5 Å². The summed E-state index contributed by atoms with van der Waals surface area (Å²) >= 11 is 5.90. The number of hydrogen-bond donors (Lipinski definition) is 1. The van der Waals surface area contributed by atoms with Gasteiger partial charge in [-0.25, -0.2) is 0 Å². The van der Waals surface area contributed by atoms with Gasteiger partial charge in [-0.05, 0) is 43.0 Å². The topological polar surface area (TPSA) is 45.5 Å². The van der Waals surface area contributed by atoms with Crippen molar-refractivity contribution in [1.82, 2.24) is 10.2 Å². The first kappa shape index (κ1) is 14.4. The van der Waals surface area contributed by atoms with E-state index in [9.17, 15) is 4.79 Å². The SMILES string of the molecule is CC(C)CN(CC1CCCN1)C(=O)c1ccoc1Cl. The van der Waals surface area contributed by atoms with Crippen LogP contribution in [0, 0.1) is 5.92 Å². The minimum absolute atomic E-state index is 0.0406. The Kier molecular flexibility index (Phi) is 4.88. The van der Waals surface area contributed by atoms with Crippen molar-refractivity contribution in [3.63, 3.8) is 0 Å². The van der Waals surface area contributed by atoms with E-state index in [2.05, 4.69) is 19.2 Å². The first-order chi connectivity index (χ1) is 9.08. The Bertz CT molecular complexity index is 425. The first-order valence-electron chi connectivity index (χ1n) is 6.83. The van der Waals surface area contributed by atoms with Crippen LogP contribution < -0.4 is 5.32 Å². The van der Waals surface area contributed by atoms with Crippen LogP contribution in [0.4, 0.5) is 0 Å². The van der Waals surface area contributed by atoms with Crippen LogP contribution in [0.15, 0.2) is 16.7 Å². The van der Waals surface area contributed by atoms with E-state index in [1.807, 2.05) is 4.90 Å². The van der Waals surface area contributed by atoms with Gasteiger partial charge in [0, 0.05) is 19.1 Å². The minimum atomic E-state index is -0.0406. The van der Waals surface area contributed by atoms with E-state index in [0.717, 1.165) is 26.1 Å². The number of carbonyl (C=O) groups is 1. The molecule has 0 radical (unpaired) electrons. The van der Waals surface area contributed by atoms with Gasteiger partial charge >= 0.3 is 0 Å². The summed E-state index contributed by atoms with van der Waals surface area (Å²) in [5, 5.41) is 3.60. The maximum atomic E-state index is 12.5. The van der Waals surface area contributed by atoms with Crippen LogP contribution >= 0.6 is 11.6 Å². The molecule has 1 aliphatic heterocycles. The summed E-state index contributed by atoms with van der Waals surface area (Å²) in [6, 6.07) is 2.04. The molecule has 1 saturated heterocycles. The molecular formula is C14H21ClN2O2. The monoisotopic (exact) mass is 284 g/mol. The van der Waals surface area contributed by atoms with E-state index < -0.39 is 0 Å². The molecule has 0 bridgehead atoms. The van der Waals surface area contributed by atoms with Crippen molar-refractivity contribution in [3.05, 3.63) is 23.1 Å². The molecule has 0 spiro atoms. The van der Waals surface area contributed by atoms with Gasteiger partial charge < -0.3 is 14.6 Å². The lowest BCUT2D eigenvalue weighted by Crippen LogP contribution is -2.42. The summed E-state index contributed by atoms with van der Waals surface area (Å²) in [6.45, 7) is 6.73. The summed E-state index contributed by atoms with van der Waals surface area (Å²) in [5.41, 5.74) is 0.459. The van der Waals surface area contributed by atoms with E-state index in [4.69, 9.17) is 16.0 Å². The van der Waals surface area contributed by atoms with Gasteiger partial charge in [0.05, 0.1) is 11.8 Å². The predicted molar refractivity (Wildman–Crippen MR) is 75.5 cm³/mol. The second kappa shape index (κ2) is 6.44. The molecule has 1 fully saturated rings. The number of nitrogens with one attached hydrogen (secondary N) is 1. The number of carbonyl (C=O) groups excluding carboxylic acids is 1. The number of hydrogen-bond acceptors (Lipinski definition) is 3. The third-order valence-corrected chi connectivity index (χ3v) is 3.62.